The van der Waals surface area contributed by atoms with Crippen molar-refractivity contribution in [2.75, 3.05) is 8.61 Å². The van der Waals surface area contributed by atoms with E-state index in [1.165, 1.54) is 8.61 Å². The molecule has 34 heavy (non-hydrogen) atoms. The third-order valence-corrected chi connectivity index (χ3v) is 10.0. The molecule has 8 heteroatoms. The minimum absolute atomic E-state index is 0.160. The minimum Gasteiger partial charge on any atom is -0.256 e. The van der Waals surface area contributed by atoms with E-state index in [0.717, 1.165) is 0 Å². The maximum atomic E-state index is 13.9. The van der Waals surface area contributed by atoms with Gasteiger partial charge in [0.25, 0.3) is 20.0 Å². The zero-order chi connectivity index (χ0) is 23.5. The molecule has 0 fully saturated rings. The molecule has 6 rings (SSSR count). The molecule has 4 aromatic rings. The summed E-state index contributed by atoms with van der Waals surface area (Å²) in [5.41, 5.74) is 2.29. The highest BCUT2D eigenvalue weighted by Crippen LogP contribution is 2.60. The molecule has 2 aliphatic heterocycles. The Bertz CT molecular complexity index is 1480. The molecule has 6 nitrogen and oxygen atoms in total. The summed E-state index contributed by atoms with van der Waals surface area (Å²) in [6.07, 6.45) is 0. The molecule has 0 saturated carbocycles. The molecular weight excluding hydrogens is 468 g/mol. The average molecular weight is 489 g/mol. The summed E-state index contributed by atoms with van der Waals surface area (Å²) in [7, 11) is -7.94. The first kappa shape index (κ1) is 20.9. The van der Waals surface area contributed by atoms with Crippen LogP contribution in [0.1, 0.15) is 23.2 Å². The molecule has 0 amide bonds. The van der Waals surface area contributed by atoms with Crippen molar-refractivity contribution in [2.45, 2.75) is 21.9 Å². The second-order valence-corrected chi connectivity index (χ2v) is 11.9. The van der Waals surface area contributed by atoms with Crippen molar-refractivity contribution in [1.29, 1.82) is 0 Å². The van der Waals surface area contributed by atoms with Crippen LogP contribution < -0.4 is 8.61 Å². The van der Waals surface area contributed by atoms with E-state index < -0.39 is 32.1 Å². The fraction of sp³-hybridized carbons (Fsp3) is 0.0769. The van der Waals surface area contributed by atoms with Gasteiger partial charge in [0.05, 0.1) is 33.2 Å². The SMILES string of the molecule is O=S(=O)(c1ccccc1)N1c2ccccc2C2C1c1ccccc1N2S(=O)(=O)c1ccccc1. The number of hydrogen-bond donors (Lipinski definition) is 0. The van der Waals surface area contributed by atoms with Crippen LogP contribution in [0.15, 0.2) is 119 Å². The van der Waals surface area contributed by atoms with Gasteiger partial charge in [0.15, 0.2) is 0 Å². The van der Waals surface area contributed by atoms with Crippen LogP contribution in [0.3, 0.4) is 0 Å². The smallest absolute Gasteiger partial charge is 0.256 e. The van der Waals surface area contributed by atoms with Gasteiger partial charge >= 0.3 is 0 Å². The van der Waals surface area contributed by atoms with Crippen LogP contribution in [0.4, 0.5) is 11.4 Å². The quantitative estimate of drug-likeness (QED) is 0.410. The predicted octanol–water partition coefficient (Wildman–Crippen LogP) is 4.89. The second kappa shape index (κ2) is 7.44. The van der Waals surface area contributed by atoms with Crippen LogP contribution in [-0.4, -0.2) is 16.8 Å². The number of anilines is 2. The maximum Gasteiger partial charge on any atom is 0.264 e. The minimum atomic E-state index is -3.97. The molecule has 2 atom stereocenters. The van der Waals surface area contributed by atoms with E-state index in [0.29, 0.717) is 22.5 Å². The van der Waals surface area contributed by atoms with Gasteiger partial charge in [-0.2, -0.15) is 0 Å². The summed E-state index contributed by atoms with van der Waals surface area (Å²) in [5.74, 6) is 0. The largest absolute Gasteiger partial charge is 0.264 e. The molecule has 0 N–H and O–H groups in total. The number of sulfonamides is 2. The summed E-state index contributed by atoms with van der Waals surface area (Å²) in [6.45, 7) is 0. The highest BCUT2D eigenvalue weighted by molar-refractivity contribution is 7.93. The van der Waals surface area contributed by atoms with Crippen molar-refractivity contribution in [3.8, 4) is 0 Å². The van der Waals surface area contributed by atoms with E-state index in [4.69, 9.17) is 0 Å². The molecule has 0 saturated heterocycles. The topological polar surface area (TPSA) is 74.8 Å². The molecule has 2 unspecified atom stereocenters. The van der Waals surface area contributed by atoms with Gasteiger partial charge in [0.2, 0.25) is 0 Å². The number of hydrogen-bond acceptors (Lipinski definition) is 4. The predicted molar refractivity (Wildman–Crippen MR) is 131 cm³/mol. The fourth-order valence-electron chi connectivity index (χ4n) is 5.00. The number of rotatable bonds is 4. The molecule has 0 aromatic heterocycles. The Hall–Kier alpha value is -3.62. The van der Waals surface area contributed by atoms with Gasteiger partial charge in [-0.15, -0.1) is 0 Å². The Kier molecular flexibility index (Phi) is 4.59. The first-order valence-corrected chi connectivity index (χ1v) is 13.7. The van der Waals surface area contributed by atoms with Crippen molar-refractivity contribution >= 4 is 31.4 Å². The van der Waals surface area contributed by atoms with Crippen molar-refractivity contribution < 1.29 is 16.8 Å². The van der Waals surface area contributed by atoms with Crippen molar-refractivity contribution in [3.05, 3.63) is 120 Å². The van der Waals surface area contributed by atoms with Crippen LogP contribution in [0.25, 0.3) is 0 Å². The first-order chi connectivity index (χ1) is 16.4. The Morgan fingerprint density at radius 2 is 0.765 bits per heavy atom. The van der Waals surface area contributed by atoms with E-state index in [1.54, 1.807) is 84.9 Å². The Balaban J connectivity index is 1.62. The molecule has 2 heterocycles. The Labute approximate surface area is 198 Å². The van der Waals surface area contributed by atoms with Crippen molar-refractivity contribution in [1.82, 2.24) is 0 Å². The zero-order valence-electron chi connectivity index (χ0n) is 17.9. The summed E-state index contributed by atoms with van der Waals surface area (Å²) < 4.78 is 58.5. The van der Waals surface area contributed by atoms with Crippen LogP contribution in [0.5, 0.6) is 0 Å². The number of para-hydroxylation sites is 2. The number of fused-ring (bicyclic) bond motifs is 5. The maximum absolute atomic E-state index is 13.9. The van der Waals surface area contributed by atoms with Gasteiger partial charge in [-0.3, -0.25) is 8.61 Å². The highest BCUT2D eigenvalue weighted by Gasteiger charge is 2.56. The molecule has 2 aliphatic rings. The Morgan fingerprint density at radius 1 is 0.441 bits per heavy atom. The van der Waals surface area contributed by atoms with Gasteiger partial charge in [0, 0.05) is 11.1 Å². The van der Waals surface area contributed by atoms with Crippen LogP contribution >= 0.6 is 0 Å². The molecule has 0 bridgehead atoms. The fourth-order valence-corrected chi connectivity index (χ4v) is 8.36. The summed E-state index contributed by atoms with van der Waals surface area (Å²) in [5, 5.41) is 0. The Morgan fingerprint density at radius 3 is 1.15 bits per heavy atom. The van der Waals surface area contributed by atoms with Crippen LogP contribution in [0, 0.1) is 0 Å². The summed E-state index contributed by atoms with van der Waals surface area (Å²) >= 11 is 0. The van der Waals surface area contributed by atoms with Crippen molar-refractivity contribution in [2.24, 2.45) is 0 Å². The highest BCUT2D eigenvalue weighted by atomic mass is 32.2. The summed E-state index contributed by atoms with van der Waals surface area (Å²) in [6, 6.07) is 29.3. The summed E-state index contributed by atoms with van der Waals surface area (Å²) in [4.78, 5) is 0.319. The molecule has 0 aliphatic carbocycles. The lowest BCUT2D eigenvalue weighted by Gasteiger charge is -2.28. The molecular formula is C26H20N2O4S2. The lowest BCUT2D eigenvalue weighted by atomic mass is 10.0. The average Bonchev–Trinajstić information content (AvgIpc) is 3.38. The molecule has 170 valence electrons. The van der Waals surface area contributed by atoms with E-state index in [-0.39, 0.29) is 9.79 Å². The van der Waals surface area contributed by atoms with Crippen LogP contribution in [-0.2, 0) is 20.0 Å². The van der Waals surface area contributed by atoms with Gasteiger partial charge in [-0.25, -0.2) is 16.8 Å². The second-order valence-electron chi connectivity index (χ2n) is 8.24. The number of nitrogens with zero attached hydrogens (tertiary/aromatic N) is 2. The third kappa shape index (κ3) is 2.85. The van der Waals surface area contributed by atoms with Gasteiger partial charge in [-0.1, -0.05) is 72.8 Å². The van der Waals surface area contributed by atoms with E-state index >= 15 is 0 Å². The van der Waals surface area contributed by atoms with Crippen LogP contribution in [0.2, 0.25) is 0 Å². The zero-order valence-corrected chi connectivity index (χ0v) is 19.5. The van der Waals surface area contributed by atoms with E-state index in [2.05, 4.69) is 0 Å². The molecule has 4 aromatic carbocycles. The normalized spacial score (nSPS) is 18.9. The standard InChI is InChI=1S/C26H20N2O4S2/c29-33(30,19-11-3-1-4-12-19)27-23-17-9-7-15-21(23)26-25(27)22-16-8-10-18-24(22)28(26)34(31,32)20-13-5-2-6-14-20/h1-18,25-26H. The monoisotopic (exact) mass is 488 g/mol. The van der Waals surface area contributed by atoms with Gasteiger partial charge < -0.3 is 0 Å². The number of benzene rings is 4. The third-order valence-electron chi connectivity index (χ3n) is 6.39. The molecule has 0 radical (unpaired) electrons. The van der Waals surface area contributed by atoms with E-state index in [9.17, 15) is 16.8 Å². The van der Waals surface area contributed by atoms with Gasteiger partial charge in [0.1, 0.15) is 0 Å². The first-order valence-electron chi connectivity index (χ1n) is 10.8. The lowest BCUT2D eigenvalue weighted by Crippen LogP contribution is -2.36. The molecule has 0 spiro atoms. The van der Waals surface area contributed by atoms with Crippen molar-refractivity contribution in [3.63, 3.8) is 0 Å². The lowest BCUT2D eigenvalue weighted by molar-refractivity contribution is 0.559. The van der Waals surface area contributed by atoms with Gasteiger partial charge in [-0.05, 0) is 36.4 Å². The van der Waals surface area contributed by atoms with E-state index in [1.807, 2.05) is 24.3 Å².